The van der Waals surface area contributed by atoms with Crippen molar-refractivity contribution in [3.8, 4) is 0 Å². The summed E-state index contributed by atoms with van der Waals surface area (Å²) in [6.07, 6.45) is 5.69. The van der Waals surface area contributed by atoms with Crippen LogP contribution >= 0.6 is 0 Å². The van der Waals surface area contributed by atoms with E-state index in [1.807, 2.05) is 17.0 Å². The smallest absolute Gasteiger partial charge is 0.407 e. The zero-order valence-corrected chi connectivity index (χ0v) is 17.3. The van der Waals surface area contributed by atoms with Crippen LogP contribution in [0.2, 0.25) is 0 Å². The molecule has 3 amide bonds. The monoisotopic (exact) mass is 413 g/mol. The van der Waals surface area contributed by atoms with Crippen LogP contribution in [0.5, 0.6) is 0 Å². The third-order valence-corrected chi connectivity index (χ3v) is 7.39. The zero-order chi connectivity index (χ0) is 21.3. The van der Waals surface area contributed by atoms with Crippen LogP contribution in [0.3, 0.4) is 0 Å². The number of nitrogen functional groups attached to an aromatic ring is 1. The van der Waals surface area contributed by atoms with Crippen molar-refractivity contribution < 1.29 is 14.7 Å². The maximum atomic E-state index is 13.0. The summed E-state index contributed by atoms with van der Waals surface area (Å²) < 4.78 is 0. The highest BCUT2D eigenvalue weighted by atomic mass is 16.4. The van der Waals surface area contributed by atoms with Gasteiger partial charge in [-0.15, -0.1) is 0 Å². The summed E-state index contributed by atoms with van der Waals surface area (Å²) in [5.41, 5.74) is 6.64. The van der Waals surface area contributed by atoms with Crippen molar-refractivity contribution in [2.24, 2.45) is 17.6 Å². The zero-order valence-electron chi connectivity index (χ0n) is 17.3. The molecule has 0 aromatic heterocycles. The third-order valence-electron chi connectivity index (χ3n) is 7.39. The van der Waals surface area contributed by atoms with Gasteiger partial charge >= 0.3 is 12.1 Å². The summed E-state index contributed by atoms with van der Waals surface area (Å²) in [7, 11) is 0. The molecule has 1 aromatic rings. The molecule has 0 atom stereocenters. The van der Waals surface area contributed by atoms with Crippen LogP contribution in [0.4, 0.5) is 9.59 Å². The topological polar surface area (TPSA) is 123 Å². The Morgan fingerprint density at radius 3 is 2.23 bits per heavy atom. The van der Waals surface area contributed by atoms with E-state index in [2.05, 4.69) is 5.32 Å². The van der Waals surface area contributed by atoms with E-state index in [-0.39, 0.29) is 11.9 Å². The van der Waals surface area contributed by atoms with Crippen molar-refractivity contribution in [1.29, 1.82) is 5.41 Å². The molecule has 162 valence electrons. The normalized spacial score (nSPS) is 28.3. The van der Waals surface area contributed by atoms with Crippen molar-refractivity contribution in [2.75, 3.05) is 19.6 Å². The first-order valence-corrected chi connectivity index (χ1v) is 10.9. The van der Waals surface area contributed by atoms with E-state index >= 15 is 0 Å². The number of benzene rings is 1. The molecule has 2 saturated carbocycles. The van der Waals surface area contributed by atoms with E-state index in [1.54, 1.807) is 17.0 Å². The number of hydrogen-bond acceptors (Lipinski definition) is 3. The Balaban J connectivity index is 1.46. The Kier molecular flexibility index (Phi) is 5.58. The molecule has 30 heavy (non-hydrogen) atoms. The molecule has 3 fully saturated rings. The molecule has 0 unspecified atom stereocenters. The Morgan fingerprint density at radius 1 is 1.10 bits per heavy atom. The van der Waals surface area contributed by atoms with Crippen molar-refractivity contribution >= 4 is 18.0 Å². The molecular formula is C22H31N5O3. The predicted octanol–water partition coefficient (Wildman–Crippen LogP) is 2.81. The average Bonchev–Trinajstić information content (AvgIpc) is 2.71. The van der Waals surface area contributed by atoms with Crippen molar-refractivity contribution in [3.05, 3.63) is 35.4 Å². The molecular weight excluding hydrogens is 382 g/mol. The number of carbonyl (C=O) groups excluding carboxylic acids is 1. The van der Waals surface area contributed by atoms with Gasteiger partial charge in [-0.2, -0.15) is 0 Å². The highest BCUT2D eigenvalue weighted by Gasteiger charge is 2.57. The molecule has 8 nitrogen and oxygen atoms in total. The van der Waals surface area contributed by atoms with Crippen molar-refractivity contribution in [2.45, 2.75) is 50.6 Å². The Morgan fingerprint density at radius 2 is 1.70 bits per heavy atom. The number of nitrogens with zero attached hydrogens (tertiary/aromatic N) is 2. The van der Waals surface area contributed by atoms with Gasteiger partial charge in [0.05, 0.1) is 5.54 Å². The molecule has 1 saturated heterocycles. The number of hydrogen-bond donors (Lipinski definition) is 4. The number of piperazine rings is 1. The number of amides is 3. The first kappa shape index (κ1) is 20.5. The summed E-state index contributed by atoms with van der Waals surface area (Å²) in [5, 5.41) is 20.4. The quantitative estimate of drug-likeness (QED) is 0.449. The molecule has 2 aliphatic carbocycles. The lowest BCUT2D eigenvalue weighted by Crippen LogP contribution is -2.72. The van der Waals surface area contributed by atoms with Gasteiger partial charge in [0.1, 0.15) is 5.84 Å². The van der Waals surface area contributed by atoms with E-state index in [4.69, 9.17) is 11.1 Å². The minimum absolute atomic E-state index is 0.0187. The summed E-state index contributed by atoms with van der Waals surface area (Å²) in [4.78, 5) is 28.6. The number of nitrogens with one attached hydrogen (secondary N) is 2. The molecule has 1 spiro atoms. The van der Waals surface area contributed by atoms with E-state index in [0.29, 0.717) is 43.6 Å². The molecule has 1 heterocycles. The average molecular weight is 414 g/mol. The second-order valence-corrected chi connectivity index (χ2v) is 8.87. The molecule has 5 N–H and O–H groups in total. The second-order valence-electron chi connectivity index (χ2n) is 8.87. The van der Waals surface area contributed by atoms with Crippen molar-refractivity contribution in [3.63, 3.8) is 0 Å². The summed E-state index contributed by atoms with van der Waals surface area (Å²) in [5.74, 6) is 0.705. The Hall–Kier alpha value is -2.77. The lowest BCUT2D eigenvalue weighted by atomic mass is 9.58. The number of carbonyl (C=O) groups is 2. The number of nitrogens with two attached hydrogens (primary N) is 1. The minimum Gasteiger partial charge on any atom is -0.465 e. The number of amidine groups is 1. The Bertz CT molecular complexity index is 803. The van der Waals surface area contributed by atoms with Crippen LogP contribution in [0.1, 0.15) is 49.7 Å². The fourth-order valence-corrected chi connectivity index (χ4v) is 5.98. The number of rotatable bonds is 3. The first-order chi connectivity index (χ1) is 14.4. The largest absolute Gasteiger partial charge is 0.465 e. The molecule has 0 radical (unpaired) electrons. The predicted molar refractivity (Wildman–Crippen MR) is 113 cm³/mol. The highest BCUT2D eigenvalue weighted by molar-refractivity contribution is 5.94. The van der Waals surface area contributed by atoms with Crippen LogP contribution < -0.4 is 11.1 Å². The van der Waals surface area contributed by atoms with Gasteiger partial charge in [-0.1, -0.05) is 37.1 Å². The van der Waals surface area contributed by atoms with Gasteiger partial charge in [-0.25, -0.2) is 9.59 Å². The van der Waals surface area contributed by atoms with Crippen molar-refractivity contribution in [1.82, 2.24) is 15.1 Å². The SMILES string of the molecule is N=C(N)c1ccc(CNC(=O)N2CCN(C(=O)O)[C@]3(C2)C2CCC[C@H]3CCC2)cc1. The van der Waals surface area contributed by atoms with Gasteiger partial charge in [-0.05, 0) is 43.1 Å². The van der Waals surface area contributed by atoms with Crippen LogP contribution in [-0.2, 0) is 6.54 Å². The van der Waals surface area contributed by atoms with Gasteiger partial charge in [0.15, 0.2) is 0 Å². The molecule has 2 bridgehead atoms. The van der Waals surface area contributed by atoms with Gasteiger partial charge in [0.25, 0.3) is 0 Å². The molecule has 3 aliphatic rings. The summed E-state index contributed by atoms with van der Waals surface area (Å²) in [6, 6.07) is 7.11. The lowest BCUT2D eigenvalue weighted by Gasteiger charge is -2.61. The van der Waals surface area contributed by atoms with Gasteiger partial charge in [-0.3, -0.25) is 10.3 Å². The van der Waals surface area contributed by atoms with Gasteiger partial charge < -0.3 is 21.1 Å². The fraction of sp³-hybridized carbons (Fsp3) is 0.591. The summed E-state index contributed by atoms with van der Waals surface area (Å²) in [6.45, 7) is 1.67. The first-order valence-electron chi connectivity index (χ1n) is 10.9. The lowest BCUT2D eigenvalue weighted by molar-refractivity contribution is -0.0942. The highest BCUT2D eigenvalue weighted by Crippen LogP contribution is 2.52. The maximum Gasteiger partial charge on any atom is 0.407 e. The maximum absolute atomic E-state index is 13.0. The van der Waals surface area contributed by atoms with Crippen LogP contribution in [0, 0.1) is 17.2 Å². The Labute approximate surface area is 176 Å². The van der Waals surface area contributed by atoms with E-state index < -0.39 is 11.6 Å². The number of carboxylic acid groups (broad SMARTS) is 1. The second kappa shape index (κ2) is 8.16. The van der Waals surface area contributed by atoms with Gasteiger partial charge in [0.2, 0.25) is 0 Å². The van der Waals surface area contributed by atoms with Crippen LogP contribution in [0.15, 0.2) is 24.3 Å². The minimum atomic E-state index is -0.848. The third kappa shape index (κ3) is 3.59. The van der Waals surface area contributed by atoms with Crippen LogP contribution in [0.25, 0.3) is 0 Å². The molecule has 8 heteroatoms. The van der Waals surface area contributed by atoms with E-state index in [9.17, 15) is 14.7 Å². The molecule has 4 rings (SSSR count). The summed E-state index contributed by atoms with van der Waals surface area (Å²) >= 11 is 0. The van der Waals surface area contributed by atoms with Gasteiger partial charge in [0, 0.05) is 31.7 Å². The molecule has 1 aromatic carbocycles. The molecule has 1 aliphatic heterocycles. The van der Waals surface area contributed by atoms with Crippen LogP contribution in [-0.4, -0.2) is 58.0 Å². The number of urea groups is 1. The standard InChI is InChI=1S/C22H31N5O3/c23-19(24)16-9-7-15(8-10-16)13-25-20(28)26-11-12-27(21(29)30)22(14-26)17-3-1-4-18(22)6-2-5-17/h7-10,17-18H,1-6,11-14H2,(H3,23,24)(H,25,28)(H,29,30)/t17-,18?,22?. The fourth-order valence-electron chi connectivity index (χ4n) is 5.98. The van der Waals surface area contributed by atoms with E-state index in [0.717, 1.165) is 44.1 Å². The van der Waals surface area contributed by atoms with E-state index in [1.165, 1.54) is 0 Å².